The molecule has 24 heavy (non-hydrogen) atoms. The van der Waals surface area contributed by atoms with Gasteiger partial charge in [-0.3, -0.25) is 0 Å². The number of allylic oxidation sites excluding steroid dienone is 1. The number of aliphatic carboxylic acids is 1. The van der Waals surface area contributed by atoms with Crippen LogP contribution in [-0.2, 0) is 4.79 Å². The number of carboxylic acids is 1. The smallest absolute Gasteiger partial charge is 0.331 e. The van der Waals surface area contributed by atoms with Crippen LogP contribution in [0.15, 0.2) is 11.1 Å². The molecule has 0 fully saturated rings. The third kappa shape index (κ3) is 13.6. The molecule has 0 aliphatic carbocycles. The maximum absolute atomic E-state index is 11.3. The van der Waals surface area contributed by atoms with Crippen LogP contribution in [0.3, 0.4) is 0 Å². The van der Waals surface area contributed by atoms with Crippen LogP contribution in [0.4, 0.5) is 0 Å². The fourth-order valence-corrected chi connectivity index (χ4v) is 3.24. The van der Waals surface area contributed by atoms with Gasteiger partial charge in [-0.1, -0.05) is 96.5 Å². The van der Waals surface area contributed by atoms with E-state index in [1.54, 1.807) is 6.92 Å². The minimum Gasteiger partial charge on any atom is -0.478 e. The number of hydrogen-bond acceptors (Lipinski definition) is 1. The van der Waals surface area contributed by atoms with Crippen molar-refractivity contribution in [2.45, 2.75) is 124 Å². The van der Waals surface area contributed by atoms with Crippen LogP contribution < -0.4 is 0 Å². The SMILES string of the molecule is CCCCCCCCCC/C(CCCCCCCC)=C(/C)C(=O)O. The molecule has 0 amide bonds. The van der Waals surface area contributed by atoms with Crippen molar-refractivity contribution in [3.63, 3.8) is 0 Å². The van der Waals surface area contributed by atoms with E-state index >= 15 is 0 Å². The normalized spacial score (nSPS) is 12.3. The molecule has 142 valence electrons. The molecular formula is C22H42O2. The van der Waals surface area contributed by atoms with Crippen molar-refractivity contribution >= 4 is 5.97 Å². The van der Waals surface area contributed by atoms with Crippen LogP contribution in [0.5, 0.6) is 0 Å². The van der Waals surface area contributed by atoms with Gasteiger partial charge in [0.25, 0.3) is 0 Å². The number of hydrogen-bond donors (Lipinski definition) is 1. The lowest BCUT2D eigenvalue weighted by Crippen LogP contribution is -2.02. The molecule has 0 aliphatic rings. The first-order valence-corrected chi connectivity index (χ1v) is 10.5. The van der Waals surface area contributed by atoms with Crippen molar-refractivity contribution in [2.24, 2.45) is 0 Å². The third-order valence-electron chi connectivity index (χ3n) is 5.02. The lowest BCUT2D eigenvalue weighted by Gasteiger charge is -2.10. The van der Waals surface area contributed by atoms with Gasteiger partial charge in [-0.25, -0.2) is 4.79 Å². The summed E-state index contributed by atoms with van der Waals surface area (Å²) >= 11 is 0. The average molecular weight is 339 g/mol. The van der Waals surface area contributed by atoms with Gasteiger partial charge in [0.2, 0.25) is 0 Å². The topological polar surface area (TPSA) is 37.3 Å². The van der Waals surface area contributed by atoms with Gasteiger partial charge in [0.05, 0.1) is 0 Å². The van der Waals surface area contributed by atoms with Crippen molar-refractivity contribution in [2.75, 3.05) is 0 Å². The molecular weight excluding hydrogens is 296 g/mol. The highest BCUT2D eigenvalue weighted by molar-refractivity contribution is 5.86. The maximum atomic E-state index is 11.3. The molecule has 0 aromatic carbocycles. The quantitative estimate of drug-likeness (QED) is 0.218. The Bertz CT molecular complexity index is 331. The van der Waals surface area contributed by atoms with Crippen molar-refractivity contribution in [1.82, 2.24) is 0 Å². The minimum atomic E-state index is -0.726. The zero-order chi connectivity index (χ0) is 18.0. The van der Waals surface area contributed by atoms with Crippen molar-refractivity contribution in [3.05, 3.63) is 11.1 Å². The highest BCUT2D eigenvalue weighted by Crippen LogP contribution is 2.22. The Kier molecular flexibility index (Phi) is 16.5. The highest BCUT2D eigenvalue weighted by Gasteiger charge is 2.09. The summed E-state index contributed by atoms with van der Waals surface area (Å²) in [5.41, 5.74) is 1.80. The summed E-state index contributed by atoms with van der Waals surface area (Å²) in [7, 11) is 0. The van der Waals surface area contributed by atoms with E-state index in [1.807, 2.05) is 0 Å². The number of carboxylic acid groups (broad SMARTS) is 1. The van der Waals surface area contributed by atoms with Gasteiger partial charge in [0.1, 0.15) is 0 Å². The van der Waals surface area contributed by atoms with Gasteiger partial charge in [0.15, 0.2) is 0 Å². The van der Waals surface area contributed by atoms with E-state index < -0.39 is 5.97 Å². The molecule has 0 rings (SSSR count). The molecule has 2 nitrogen and oxygen atoms in total. The number of rotatable bonds is 17. The lowest BCUT2D eigenvalue weighted by atomic mass is 9.95. The average Bonchev–Trinajstić information content (AvgIpc) is 2.57. The highest BCUT2D eigenvalue weighted by atomic mass is 16.4. The van der Waals surface area contributed by atoms with Gasteiger partial charge >= 0.3 is 5.97 Å². The van der Waals surface area contributed by atoms with Gasteiger partial charge in [0, 0.05) is 5.57 Å². The molecule has 0 unspecified atom stereocenters. The van der Waals surface area contributed by atoms with Gasteiger partial charge in [-0.15, -0.1) is 0 Å². The van der Waals surface area contributed by atoms with Crippen LogP contribution in [0.25, 0.3) is 0 Å². The van der Waals surface area contributed by atoms with Gasteiger partial charge in [-0.05, 0) is 32.6 Å². The van der Waals surface area contributed by atoms with E-state index in [-0.39, 0.29) is 0 Å². The summed E-state index contributed by atoms with van der Waals surface area (Å²) in [5, 5.41) is 9.29. The fraction of sp³-hybridized carbons (Fsp3) is 0.864. The van der Waals surface area contributed by atoms with Crippen molar-refractivity contribution in [1.29, 1.82) is 0 Å². The molecule has 0 aliphatic heterocycles. The van der Waals surface area contributed by atoms with E-state index in [4.69, 9.17) is 0 Å². The van der Waals surface area contributed by atoms with E-state index in [0.29, 0.717) is 5.57 Å². The van der Waals surface area contributed by atoms with Crippen LogP contribution >= 0.6 is 0 Å². The Morgan fingerprint density at radius 3 is 1.29 bits per heavy atom. The molecule has 0 radical (unpaired) electrons. The summed E-state index contributed by atoms with van der Waals surface area (Å²) in [4.78, 5) is 11.3. The van der Waals surface area contributed by atoms with E-state index in [1.165, 1.54) is 82.6 Å². The minimum absolute atomic E-state index is 0.603. The maximum Gasteiger partial charge on any atom is 0.331 e. The Hall–Kier alpha value is -0.790. The summed E-state index contributed by atoms with van der Waals surface area (Å²) in [6, 6.07) is 0. The van der Waals surface area contributed by atoms with Crippen LogP contribution in [0.2, 0.25) is 0 Å². The molecule has 0 aromatic heterocycles. The predicted octanol–water partition coefficient (Wildman–Crippen LogP) is 7.67. The lowest BCUT2D eigenvalue weighted by molar-refractivity contribution is -0.132. The van der Waals surface area contributed by atoms with E-state index in [2.05, 4.69) is 13.8 Å². The van der Waals surface area contributed by atoms with Gasteiger partial charge in [-0.2, -0.15) is 0 Å². The molecule has 0 aromatic rings. The zero-order valence-electron chi connectivity index (χ0n) is 16.7. The standard InChI is InChI=1S/C22H42O2/c1-4-6-8-10-12-13-15-17-19-21(20(3)22(23)24)18-16-14-11-9-7-5-2/h4-19H2,1-3H3,(H,23,24)/b21-20-. The van der Waals surface area contributed by atoms with E-state index in [0.717, 1.165) is 25.7 Å². The van der Waals surface area contributed by atoms with Crippen molar-refractivity contribution < 1.29 is 9.90 Å². The number of unbranched alkanes of at least 4 members (excludes halogenated alkanes) is 12. The van der Waals surface area contributed by atoms with Crippen LogP contribution in [-0.4, -0.2) is 11.1 Å². The summed E-state index contributed by atoms with van der Waals surface area (Å²) in [6.45, 7) is 6.28. The monoisotopic (exact) mass is 338 g/mol. The first-order valence-electron chi connectivity index (χ1n) is 10.5. The molecule has 0 saturated heterocycles. The number of carbonyl (C=O) groups is 1. The first kappa shape index (κ1) is 23.2. The second-order valence-electron chi connectivity index (χ2n) is 7.28. The van der Waals surface area contributed by atoms with Gasteiger partial charge < -0.3 is 5.11 Å². The molecule has 0 atom stereocenters. The third-order valence-corrected chi connectivity index (χ3v) is 5.02. The summed E-state index contributed by atoms with van der Waals surface area (Å²) < 4.78 is 0. The molecule has 0 spiro atoms. The van der Waals surface area contributed by atoms with Crippen LogP contribution in [0, 0.1) is 0 Å². The molecule has 0 saturated carbocycles. The summed E-state index contributed by atoms with van der Waals surface area (Å²) in [6.07, 6.45) is 20.1. The molecule has 0 heterocycles. The Labute approximate surface area is 151 Å². The fourth-order valence-electron chi connectivity index (χ4n) is 3.24. The Morgan fingerprint density at radius 2 is 0.958 bits per heavy atom. The second kappa shape index (κ2) is 17.0. The van der Waals surface area contributed by atoms with Crippen LogP contribution in [0.1, 0.15) is 124 Å². The molecule has 1 N–H and O–H groups in total. The first-order chi connectivity index (χ1) is 11.6. The van der Waals surface area contributed by atoms with Crippen molar-refractivity contribution in [3.8, 4) is 0 Å². The molecule has 0 bridgehead atoms. The Balaban J connectivity index is 3.94. The van der Waals surface area contributed by atoms with E-state index in [9.17, 15) is 9.90 Å². The summed E-state index contributed by atoms with van der Waals surface area (Å²) in [5.74, 6) is -0.726. The second-order valence-corrected chi connectivity index (χ2v) is 7.28. The molecule has 2 heteroatoms. The Morgan fingerprint density at radius 1 is 0.625 bits per heavy atom. The largest absolute Gasteiger partial charge is 0.478 e. The zero-order valence-corrected chi connectivity index (χ0v) is 16.7. The predicted molar refractivity (Wildman–Crippen MR) is 106 cm³/mol.